The van der Waals surface area contributed by atoms with Crippen molar-refractivity contribution in [2.24, 2.45) is 4.99 Å². The number of nitrogens with one attached hydrogen (secondary N) is 1. The zero-order valence-corrected chi connectivity index (χ0v) is 9.71. The normalized spacial score (nSPS) is 16.9. The Morgan fingerprint density at radius 1 is 1.29 bits per heavy atom. The van der Waals surface area contributed by atoms with Gasteiger partial charge in [0.25, 0.3) is 0 Å². The van der Waals surface area contributed by atoms with Crippen molar-refractivity contribution in [1.82, 2.24) is 4.90 Å². The fraction of sp³-hybridized carbons (Fsp3) is 0.909. The van der Waals surface area contributed by atoms with Gasteiger partial charge in [-0.05, 0) is 33.5 Å². The second-order valence-corrected chi connectivity index (χ2v) is 3.93. The van der Waals surface area contributed by atoms with Crippen LogP contribution in [-0.4, -0.2) is 37.6 Å². The molecule has 0 saturated heterocycles. The van der Waals surface area contributed by atoms with Crippen LogP contribution in [0, 0.1) is 5.41 Å². The highest BCUT2D eigenvalue weighted by atomic mass is 15.0. The van der Waals surface area contributed by atoms with E-state index in [1.54, 1.807) is 0 Å². The molecular formula is C11H23N3. The van der Waals surface area contributed by atoms with Gasteiger partial charge < -0.3 is 4.90 Å². The molecule has 3 nitrogen and oxygen atoms in total. The minimum absolute atomic E-state index is 0.427. The maximum atomic E-state index is 6.62. The van der Waals surface area contributed by atoms with Crippen molar-refractivity contribution in [3.63, 3.8) is 0 Å². The van der Waals surface area contributed by atoms with Gasteiger partial charge in [-0.15, -0.1) is 0 Å². The average molecular weight is 197 g/mol. The number of nitrogens with zero attached hydrogens (tertiary/aromatic N) is 2. The summed E-state index contributed by atoms with van der Waals surface area (Å²) in [7, 11) is 4.11. The van der Waals surface area contributed by atoms with Gasteiger partial charge >= 0.3 is 0 Å². The van der Waals surface area contributed by atoms with Gasteiger partial charge in [-0.25, -0.2) is 10.4 Å². The number of hydrogen-bond acceptors (Lipinski definition) is 3. The Morgan fingerprint density at radius 2 is 1.79 bits per heavy atom. The zero-order chi connectivity index (χ0) is 10.8. The molecule has 0 atom stereocenters. The lowest BCUT2D eigenvalue weighted by molar-refractivity contribution is 0.434. The molecule has 82 valence electrons. The van der Waals surface area contributed by atoms with Gasteiger partial charge in [-0.1, -0.05) is 26.2 Å². The molecule has 0 spiro atoms. The van der Waals surface area contributed by atoms with Crippen LogP contribution in [0.5, 0.6) is 0 Å². The number of hydrogen-bond donors (Lipinski definition) is 1. The molecule has 0 aliphatic heterocycles. The highest BCUT2D eigenvalue weighted by Crippen LogP contribution is 2.19. The summed E-state index contributed by atoms with van der Waals surface area (Å²) in [5, 5.41) is 6.62. The third-order valence-electron chi connectivity index (χ3n) is 2.45. The van der Waals surface area contributed by atoms with Crippen LogP contribution in [0.25, 0.3) is 0 Å². The molecule has 0 unspecified atom stereocenters. The quantitative estimate of drug-likeness (QED) is 0.679. The fourth-order valence-corrected chi connectivity index (χ4v) is 1.30. The molecule has 1 fully saturated rings. The van der Waals surface area contributed by atoms with Crippen LogP contribution in [0.3, 0.4) is 0 Å². The summed E-state index contributed by atoms with van der Waals surface area (Å²) in [5.74, 6) is 0. The van der Waals surface area contributed by atoms with E-state index in [1.165, 1.54) is 32.1 Å². The maximum Gasteiger partial charge on any atom is 0.0864 e. The van der Waals surface area contributed by atoms with Gasteiger partial charge in [0.05, 0.1) is 12.1 Å². The molecule has 0 aromatic heterocycles. The molecule has 0 heterocycles. The van der Waals surface area contributed by atoms with Gasteiger partial charge in [0.1, 0.15) is 0 Å². The standard InChI is InChI=1S/C7H12N2.C4H11N/c8-6-9-7-4-2-1-3-5-7;1-4-5(2)3/h7-8H,1-5H2;4H2,1-3H3. The van der Waals surface area contributed by atoms with E-state index in [-0.39, 0.29) is 0 Å². The molecule has 14 heavy (non-hydrogen) atoms. The molecule has 1 saturated carbocycles. The van der Waals surface area contributed by atoms with Crippen molar-refractivity contribution in [2.75, 3.05) is 20.6 Å². The Kier molecular flexibility index (Phi) is 8.50. The Labute approximate surface area is 87.7 Å². The van der Waals surface area contributed by atoms with E-state index in [4.69, 9.17) is 5.41 Å². The molecule has 0 aromatic carbocycles. The lowest BCUT2D eigenvalue weighted by Crippen LogP contribution is -2.08. The Balaban J connectivity index is 0.000000292. The number of aliphatic imine (C=N–C) groups is 1. The predicted octanol–water partition coefficient (Wildman–Crippen LogP) is 2.64. The lowest BCUT2D eigenvalue weighted by Gasteiger charge is -2.15. The predicted molar refractivity (Wildman–Crippen MR) is 61.3 cm³/mol. The van der Waals surface area contributed by atoms with Crippen molar-refractivity contribution in [3.8, 4) is 0 Å². The molecule has 1 aliphatic carbocycles. The van der Waals surface area contributed by atoms with Crippen molar-refractivity contribution in [3.05, 3.63) is 0 Å². The fourth-order valence-electron chi connectivity index (χ4n) is 1.30. The topological polar surface area (TPSA) is 39.5 Å². The highest BCUT2D eigenvalue weighted by molar-refractivity contribution is 5.36. The Bertz CT molecular complexity index is 165. The third-order valence-corrected chi connectivity index (χ3v) is 2.45. The summed E-state index contributed by atoms with van der Waals surface area (Å²) in [6, 6.07) is 2.54. The maximum absolute atomic E-state index is 6.62. The van der Waals surface area contributed by atoms with Gasteiger partial charge in [0.15, 0.2) is 0 Å². The first-order valence-corrected chi connectivity index (χ1v) is 5.47. The number of rotatable bonds is 2. The van der Waals surface area contributed by atoms with Crippen molar-refractivity contribution < 1.29 is 0 Å². The van der Waals surface area contributed by atoms with Crippen LogP contribution in [0.2, 0.25) is 0 Å². The summed E-state index contributed by atoms with van der Waals surface area (Å²) >= 11 is 0. The molecule has 1 N–H and O–H groups in total. The SMILES string of the molecule is CCN(C)C.N=C=NC1CCCCC1. The van der Waals surface area contributed by atoms with E-state index in [9.17, 15) is 0 Å². The van der Waals surface area contributed by atoms with Crippen molar-refractivity contribution in [2.45, 2.75) is 45.1 Å². The molecule has 0 amide bonds. The van der Waals surface area contributed by atoms with Crippen molar-refractivity contribution in [1.29, 1.82) is 5.41 Å². The van der Waals surface area contributed by atoms with E-state index in [1.807, 2.05) is 0 Å². The van der Waals surface area contributed by atoms with E-state index >= 15 is 0 Å². The van der Waals surface area contributed by atoms with Gasteiger partial charge in [0.2, 0.25) is 0 Å². The van der Waals surface area contributed by atoms with Crippen LogP contribution in [-0.2, 0) is 0 Å². The molecule has 0 bridgehead atoms. The highest BCUT2D eigenvalue weighted by Gasteiger charge is 2.10. The smallest absolute Gasteiger partial charge is 0.0864 e. The van der Waals surface area contributed by atoms with E-state index in [0.29, 0.717) is 6.04 Å². The largest absolute Gasteiger partial charge is 0.310 e. The van der Waals surface area contributed by atoms with Gasteiger partial charge in [-0.2, -0.15) is 0 Å². The summed E-state index contributed by atoms with van der Waals surface area (Å²) in [6.07, 6.45) is 6.27. The van der Waals surface area contributed by atoms with E-state index in [0.717, 1.165) is 6.54 Å². The zero-order valence-electron chi connectivity index (χ0n) is 9.71. The third kappa shape index (κ3) is 7.96. The van der Waals surface area contributed by atoms with Crippen LogP contribution in [0.1, 0.15) is 39.0 Å². The summed E-state index contributed by atoms with van der Waals surface area (Å²) in [5.41, 5.74) is 0. The molecular weight excluding hydrogens is 174 g/mol. The molecule has 0 aromatic rings. The lowest BCUT2D eigenvalue weighted by atomic mass is 9.96. The first kappa shape index (κ1) is 13.3. The second kappa shape index (κ2) is 8.92. The van der Waals surface area contributed by atoms with E-state index in [2.05, 4.69) is 36.9 Å². The minimum atomic E-state index is 0.427. The van der Waals surface area contributed by atoms with Crippen molar-refractivity contribution >= 4 is 6.01 Å². The van der Waals surface area contributed by atoms with Crippen LogP contribution >= 0.6 is 0 Å². The second-order valence-electron chi connectivity index (χ2n) is 3.93. The Hall–Kier alpha value is -0.660. The first-order valence-electron chi connectivity index (χ1n) is 5.47. The van der Waals surface area contributed by atoms with Crippen LogP contribution < -0.4 is 0 Å². The average Bonchev–Trinajstić information content (AvgIpc) is 2.21. The van der Waals surface area contributed by atoms with Crippen LogP contribution in [0.15, 0.2) is 4.99 Å². The summed E-state index contributed by atoms with van der Waals surface area (Å²) in [4.78, 5) is 6.03. The van der Waals surface area contributed by atoms with Crippen LogP contribution in [0.4, 0.5) is 0 Å². The summed E-state index contributed by atoms with van der Waals surface area (Å²) < 4.78 is 0. The first-order chi connectivity index (χ1) is 6.70. The summed E-state index contributed by atoms with van der Waals surface area (Å²) in [6.45, 7) is 3.26. The van der Waals surface area contributed by atoms with Gasteiger partial charge in [0, 0.05) is 0 Å². The molecule has 1 rings (SSSR count). The Morgan fingerprint density at radius 3 is 2.14 bits per heavy atom. The molecule has 0 radical (unpaired) electrons. The van der Waals surface area contributed by atoms with E-state index < -0.39 is 0 Å². The monoisotopic (exact) mass is 197 g/mol. The molecule has 3 heteroatoms. The minimum Gasteiger partial charge on any atom is -0.310 e. The van der Waals surface area contributed by atoms with Gasteiger partial charge in [-0.3, -0.25) is 0 Å². The molecule has 1 aliphatic rings.